The van der Waals surface area contributed by atoms with Crippen molar-refractivity contribution in [3.05, 3.63) is 29.8 Å². The lowest BCUT2D eigenvalue weighted by Gasteiger charge is -2.18. The van der Waals surface area contributed by atoms with E-state index in [4.69, 9.17) is 0 Å². The number of hydrogen-bond donors (Lipinski definition) is 0. The summed E-state index contributed by atoms with van der Waals surface area (Å²) >= 11 is 3.58. The Kier molecular flexibility index (Phi) is 4.56. The lowest BCUT2D eigenvalue weighted by atomic mass is 9.94. The van der Waals surface area contributed by atoms with Crippen molar-refractivity contribution < 1.29 is 8.42 Å². The number of halogens is 1. The minimum atomic E-state index is -3.08. The van der Waals surface area contributed by atoms with Crippen molar-refractivity contribution in [2.45, 2.75) is 35.9 Å². The van der Waals surface area contributed by atoms with Gasteiger partial charge in [-0.1, -0.05) is 41.9 Å². The lowest BCUT2D eigenvalue weighted by Crippen LogP contribution is -2.08. The average Bonchev–Trinajstić information content (AvgIpc) is 2.17. The second kappa shape index (κ2) is 5.32. The minimum Gasteiger partial charge on any atom is -0.224 e. The number of rotatable bonds is 4. The largest absolute Gasteiger partial charge is 0.224 e. The second-order valence-corrected chi connectivity index (χ2v) is 7.49. The van der Waals surface area contributed by atoms with Crippen LogP contribution in [-0.4, -0.2) is 19.5 Å². The van der Waals surface area contributed by atoms with Crippen molar-refractivity contribution >= 4 is 25.8 Å². The predicted molar refractivity (Wildman–Crippen MR) is 71.0 cm³/mol. The first kappa shape index (κ1) is 13.7. The quantitative estimate of drug-likeness (QED) is 0.799. The fraction of sp³-hybridized carbons (Fsp3) is 0.500. The maximum absolute atomic E-state index is 11.3. The van der Waals surface area contributed by atoms with E-state index < -0.39 is 9.84 Å². The van der Waals surface area contributed by atoms with E-state index in [1.165, 1.54) is 11.8 Å². The highest BCUT2D eigenvalue weighted by Gasteiger charge is 2.15. The molecule has 90 valence electrons. The molecule has 2 atom stereocenters. The highest BCUT2D eigenvalue weighted by Crippen LogP contribution is 2.28. The van der Waals surface area contributed by atoms with Gasteiger partial charge in [0.25, 0.3) is 0 Å². The van der Waals surface area contributed by atoms with Crippen molar-refractivity contribution in [1.82, 2.24) is 0 Å². The molecule has 0 bridgehead atoms. The fourth-order valence-corrected chi connectivity index (χ4v) is 3.10. The van der Waals surface area contributed by atoms with Gasteiger partial charge in [-0.25, -0.2) is 8.42 Å². The molecular formula is C12H17BrO2S. The molecule has 0 heterocycles. The van der Waals surface area contributed by atoms with Gasteiger partial charge < -0.3 is 0 Å². The molecule has 0 aliphatic rings. The molecule has 0 aromatic heterocycles. The van der Waals surface area contributed by atoms with Gasteiger partial charge in [0.2, 0.25) is 0 Å². The molecule has 16 heavy (non-hydrogen) atoms. The van der Waals surface area contributed by atoms with Gasteiger partial charge in [0.15, 0.2) is 9.84 Å². The molecule has 0 N–H and O–H groups in total. The first-order valence-electron chi connectivity index (χ1n) is 5.30. The van der Waals surface area contributed by atoms with Gasteiger partial charge in [0, 0.05) is 11.1 Å². The molecule has 2 unspecified atom stereocenters. The molecule has 0 fully saturated rings. The lowest BCUT2D eigenvalue weighted by molar-refractivity contribution is 0.601. The van der Waals surface area contributed by atoms with E-state index in [1.54, 1.807) is 12.1 Å². The van der Waals surface area contributed by atoms with Gasteiger partial charge >= 0.3 is 0 Å². The summed E-state index contributed by atoms with van der Waals surface area (Å²) in [5, 5.41) is 0. The third-order valence-corrected chi connectivity index (χ3v) is 4.50. The van der Waals surface area contributed by atoms with E-state index in [9.17, 15) is 8.42 Å². The van der Waals surface area contributed by atoms with Crippen LogP contribution in [0.3, 0.4) is 0 Å². The third-order valence-electron chi connectivity index (χ3n) is 2.73. The van der Waals surface area contributed by atoms with Crippen LogP contribution in [0.25, 0.3) is 0 Å². The summed E-state index contributed by atoms with van der Waals surface area (Å²) in [4.78, 5) is 0.773. The summed E-state index contributed by atoms with van der Waals surface area (Å²) in [6, 6.07) is 7.18. The summed E-state index contributed by atoms with van der Waals surface area (Å²) in [6.45, 7) is 4.24. The molecule has 1 aromatic carbocycles. The summed E-state index contributed by atoms with van der Waals surface area (Å²) in [7, 11) is -3.08. The average molecular weight is 305 g/mol. The van der Waals surface area contributed by atoms with Crippen molar-refractivity contribution in [1.29, 1.82) is 0 Å². The number of alkyl halides is 1. The van der Waals surface area contributed by atoms with E-state index in [1.807, 2.05) is 12.1 Å². The van der Waals surface area contributed by atoms with Crippen LogP contribution in [0.15, 0.2) is 29.2 Å². The van der Waals surface area contributed by atoms with Gasteiger partial charge in [0.1, 0.15) is 0 Å². The maximum Gasteiger partial charge on any atom is 0.175 e. The molecule has 0 aliphatic carbocycles. The smallest absolute Gasteiger partial charge is 0.175 e. The van der Waals surface area contributed by atoms with Crippen LogP contribution >= 0.6 is 15.9 Å². The maximum atomic E-state index is 11.3. The van der Waals surface area contributed by atoms with Crippen LogP contribution < -0.4 is 0 Å². The normalized spacial score (nSPS) is 15.8. The second-order valence-electron chi connectivity index (χ2n) is 4.03. The summed E-state index contributed by atoms with van der Waals surface area (Å²) in [5.74, 6) is 0.425. The summed E-state index contributed by atoms with van der Waals surface area (Å²) < 4.78 is 22.6. The molecule has 0 saturated heterocycles. The molecule has 4 heteroatoms. The van der Waals surface area contributed by atoms with Crippen LogP contribution in [0.5, 0.6) is 0 Å². The van der Waals surface area contributed by atoms with Crippen LogP contribution in [0.4, 0.5) is 0 Å². The van der Waals surface area contributed by atoms with Crippen molar-refractivity contribution in [3.8, 4) is 0 Å². The zero-order chi connectivity index (χ0) is 12.3. The fourth-order valence-electron chi connectivity index (χ4n) is 1.79. The first-order valence-corrected chi connectivity index (χ1v) is 8.11. The molecule has 1 rings (SSSR count). The van der Waals surface area contributed by atoms with E-state index in [0.717, 1.165) is 6.42 Å². The third kappa shape index (κ3) is 3.32. The van der Waals surface area contributed by atoms with Crippen LogP contribution in [0.1, 0.15) is 31.7 Å². The Bertz CT molecular complexity index is 435. The molecular weight excluding hydrogens is 288 g/mol. The standard InChI is InChI=1S/C12H17BrO2S/c1-4-12(9(2)13)10-5-7-11(8-6-10)16(3,14)15/h5-9,12H,4H2,1-3H3. The topological polar surface area (TPSA) is 34.1 Å². The SMILES string of the molecule is CCC(c1ccc(S(C)(=O)=O)cc1)C(C)Br. The zero-order valence-electron chi connectivity index (χ0n) is 9.77. The number of hydrogen-bond acceptors (Lipinski definition) is 2. The minimum absolute atomic E-state index is 0.383. The monoisotopic (exact) mass is 304 g/mol. The summed E-state index contributed by atoms with van der Waals surface area (Å²) in [6.07, 6.45) is 2.26. The molecule has 0 radical (unpaired) electrons. The van der Waals surface area contributed by atoms with Crippen molar-refractivity contribution in [2.24, 2.45) is 0 Å². The Morgan fingerprint density at radius 2 is 1.75 bits per heavy atom. The number of benzene rings is 1. The van der Waals surface area contributed by atoms with Gasteiger partial charge in [0.05, 0.1) is 4.90 Å². The van der Waals surface area contributed by atoms with Crippen molar-refractivity contribution in [3.63, 3.8) is 0 Å². The molecule has 2 nitrogen and oxygen atoms in total. The first-order chi connectivity index (χ1) is 7.36. The van der Waals surface area contributed by atoms with E-state index in [0.29, 0.717) is 15.6 Å². The summed E-state index contributed by atoms with van der Waals surface area (Å²) in [5.41, 5.74) is 1.18. The molecule has 0 amide bonds. The van der Waals surface area contributed by atoms with E-state index >= 15 is 0 Å². The Morgan fingerprint density at radius 1 is 1.25 bits per heavy atom. The van der Waals surface area contributed by atoms with Gasteiger partial charge in [-0.15, -0.1) is 0 Å². The molecule has 1 aromatic rings. The van der Waals surface area contributed by atoms with E-state index in [2.05, 4.69) is 29.8 Å². The Balaban J connectivity index is 3.03. The highest BCUT2D eigenvalue weighted by molar-refractivity contribution is 9.09. The Labute approximate surface area is 106 Å². The zero-order valence-corrected chi connectivity index (χ0v) is 12.2. The van der Waals surface area contributed by atoms with Crippen molar-refractivity contribution in [2.75, 3.05) is 6.26 Å². The molecule has 0 spiro atoms. The van der Waals surface area contributed by atoms with Crippen LogP contribution in [0, 0.1) is 0 Å². The van der Waals surface area contributed by atoms with Gasteiger partial charge in [-0.2, -0.15) is 0 Å². The van der Waals surface area contributed by atoms with Crippen LogP contribution in [-0.2, 0) is 9.84 Å². The Morgan fingerprint density at radius 3 is 2.06 bits per heavy atom. The van der Waals surface area contributed by atoms with Gasteiger partial charge in [-0.05, 0) is 30.0 Å². The predicted octanol–water partition coefficient (Wildman–Crippen LogP) is 3.37. The van der Waals surface area contributed by atoms with Crippen LogP contribution in [0.2, 0.25) is 0 Å². The van der Waals surface area contributed by atoms with Gasteiger partial charge in [-0.3, -0.25) is 0 Å². The number of sulfone groups is 1. The molecule has 0 saturated carbocycles. The van der Waals surface area contributed by atoms with E-state index in [-0.39, 0.29) is 0 Å². The molecule has 0 aliphatic heterocycles. The highest BCUT2D eigenvalue weighted by atomic mass is 79.9. The Hall–Kier alpha value is -0.350.